The zero-order valence-corrected chi connectivity index (χ0v) is 16.9. The first kappa shape index (κ1) is 22.3. The maximum Gasteiger partial charge on any atom is 0.203 e. The monoisotopic (exact) mass is 454 g/mol. The third-order valence-electron chi connectivity index (χ3n) is 5.03. The van der Waals surface area contributed by atoms with Gasteiger partial charge in [-0.1, -0.05) is 24.3 Å². The molecule has 1 unspecified atom stereocenters. The fourth-order valence-electron chi connectivity index (χ4n) is 3.45. The predicted octanol–water partition coefficient (Wildman–Crippen LogP) is 4.32. The Morgan fingerprint density at radius 2 is 1.70 bits per heavy atom. The van der Waals surface area contributed by atoms with Gasteiger partial charge in [-0.2, -0.15) is 0 Å². The van der Waals surface area contributed by atoms with Crippen molar-refractivity contribution in [1.29, 1.82) is 0 Å². The summed E-state index contributed by atoms with van der Waals surface area (Å²) in [6.07, 6.45) is -1.58. The van der Waals surface area contributed by atoms with Crippen molar-refractivity contribution in [2.24, 2.45) is 0 Å². The Labute approximate surface area is 185 Å². The minimum absolute atomic E-state index is 0.157. The summed E-state index contributed by atoms with van der Waals surface area (Å²) >= 11 is 0. The summed E-state index contributed by atoms with van der Waals surface area (Å²) in [5.74, 6) is -5.14. The Hall–Kier alpha value is -3.95. The van der Waals surface area contributed by atoms with E-state index in [1.807, 2.05) is 0 Å². The van der Waals surface area contributed by atoms with Crippen molar-refractivity contribution in [3.63, 3.8) is 0 Å². The number of nitrogens with one attached hydrogen (secondary N) is 1. The molecule has 0 aliphatic carbocycles. The van der Waals surface area contributed by atoms with Gasteiger partial charge in [0, 0.05) is 17.2 Å². The number of carbonyl (C=O) groups is 1. The van der Waals surface area contributed by atoms with Crippen LogP contribution in [0.25, 0.3) is 22.4 Å². The van der Waals surface area contributed by atoms with E-state index in [0.717, 1.165) is 18.2 Å². The summed E-state index contributed by atoms with van der Waals surface area (Å²) in [7, 11) is 0. The molecule has 168 valence electrons. The number of allylic oxidation sites excluding steroid dienone is 1. The number of benzene rings is 3. The molecule has 0 radical (unpaired) electrons. The number of rotatable bonds is 6. The smallest absolute Gasteiger partial charge is 0.203 e. The lowest BCUT2D eigenvalue weighted by Crippen LogP contribution is -2.13. The number of hydrogen-bond acceptors (Lipinski definition) is 5. The summed E-state index contributed by atoms with van der Waals surface area (Å²) in [4.78, 5) is 20.5. The van der Waals surface area contributed by atoms with Crippen LogP contribution in [-0.4, -0.2) is 37.7 Å². The highest BCUT2D eigenvalue weighted by molar-refractivity contribution is 6.33. The Balaban J connectivity index is 1.96. The lowest BCUT2D eigenvalue weighted by molar-refractivity contribution is 0.0920. The lowest BCUT2D eigenvalue weighted by atomic mass is 9.95. The van der Waals surface area contributed by atoms with Gasteiger partial charge in [0.25, 0.3) is 0 Å². The number of H-pyrrole nitrogens is 1. The molecular formula is C24H17F3N2O4. The lowest BCUT2D eigenvalue weighted by Gasteiger charge is -2.13. The van der Waals surface area contributed by atoms with Crippen molar-refractivity contribution in [2.75, 3.05) is 6.61 Å². The molecule has 0 spiro atoms. The van der Waals surface area contributed by atoms with Gasteiger partial charge < -0.3 is 20.3 Å². The maximum atomic E-state index is 15.1. The zero-order chi connectivity index (χ0) is 23.7. The number of hydrogen-bond donors (Lipinski definition) is 4. The van der Waals surface area contributed by atoms with Gasteiger partial charge in [-0.05, 0) is 30.3 Å². The molecule has 1 aromatic heterocycles. The summed E-state index contributed by atoms with van der Waals surface area (Å²) in [5, 5.41) is 29.9. The molecule has 33 heavy (non-hydrogen) atoms. The summed E-state index contributed by atoms with van der Waals surface area (Å²) in [6, 6.07) is 12.5. The Kier molecular flexibility index (Phi) is 5.99. The van der Waals surface area contributed by atoms with Crippen LogP contribution in [0.1, 0.15) is 33.4 Å². The molecule has 4 N–H and O–H groups in total. The van der Waals surface area contributed by atoms with Gasteiger partial charge in [-0.3, -0.25) is 4.79 Å². The molecule has 0 aliphatic rings. The van der Waals surface area contributed by atoms with Crippen LogP contribution in [-0.2, 0) is 0 Å². The van der Waals surface area contributed by atoms with Gasteiger partial charge in [0.15, 0.2) is 0 Å². The first-order valence-corrected chi connectivity index (χ1v) is 9.77. The highest BCUT2D eigenvalue weighted by Crippen LogP contribution is 2.31. The van der Waals surface area contributed by atoms with E-state index in [1.54, 1.807) is 24.3 Å². The molecule has 0 bridgehead atoms. The molecule has 6 nitrogen and oxygen atoms in total. The first-order valence-electron chi connectivity index (χ1n) is 9.77. The third kappa shape index (κ3) is 4.23. The maximum absolute atomic E-state index is 15.1. The molecule has 4 aromatic rings. The number of aromatic amines is 1. The largest absolute Gasteiger partial charge is 0.506 e. The summed E-state index contributed by atoms with van der Waals surface area (Å²) in [6.45, 7) is -0.783. The van der Waals surface area contributed by atoms with Crippen molar-refractivity contribution < 1.29 is 33.3 Å². The van der Waals surface area contributed by atoms with Gasteiger partial charge in [0.1, 0.15) is 40.7 Å². The molecule has 0 saturated carbocycles. The van der Waals surface area contributed by atoms with Crippen molar-refractivity contribution in [3.05, 3.63) is 101 Å². The van der Waals surface area contributed by atoms with Crippen LogP contribution in [0.5, 0.6) is 0 Å². The van der Waals surface area contributed by atoms with Gasteiger partial charge in [0.2, 0.25) is 5.78 Å². The van der Waals surface area contributed by atoms with Crippen molar-refractivity contribution >= 4 is 28.1 Å². The standard InChI is InChI=1S/C24H17F3N2O4/c25-13-8-12(9-14(26)10-13)22(32)20(24-28-17-6-1-2-7-18(17)29-24)23(33)16-5-3-4-15(21(16)27)19(31)11-30/h1-10,19,30-32H,11H2,(H,28,29)/b22-20+. The van der Waals surface area contributed by atoms with Crippen LogP contribution >= 0.6 is 0 Å². The van der Waals surface area contributed by atoms with Crippen LogP contribution in [0, 0.1) is 17.5 Å². The van der Waals surface area contributed by atoms with E-state index in [1.165, 1.54) is 12.1 Å². The average Bonchev–Trinajstić information content (AvgIpc) is 3.21. The minimum atomic E-state index is -1.58. The number of aliphatic hydroxyl groups excluding tert-OH is 3. The molecule has 3 aromatic carbocycles. The van der Waals surface area contributed by atoms with E-state index in [2.05, 4.69) is 9.97 Å². The minimum Gasteiger partial charge on any atom is -0.506 e. The second-order valence-electron chi connectivity index (χ2n) is 7.22. The van der Waals surface area contributed by atoms with Crippen LogP contribution in [0.3, 0.4) is 0 Å². The van der Waals surface area contributed by atoms with Gasteiger partial charge in [-0.15, -0.1) is 0 Å². The van der Waals surface area contributed by atoms with Crippen molar-refractivity contribution in [2.45, 2.75) is 6.10 Å². The fourth-order valence-corrected chi connectivity index (χ4v) is 3.45. The van der Waals surface area contributed by atoms with E-state index in [4.69, 9.17) is 5.11 Å². The van der Waals surface area contributed by atoms with Crippen LogP contribution < -0.4 is 0 Å². The molecule has 0 saturated heterocycles. The van der Waals surface area contributed by atoms with Crippen LogP contribution in [0.4, 0.5) is 13.2 Å². The van der Waals surface area contributed by atoms with Crippen LogP contribution in [0.2, 0.25) is 0 Å². The second kappa shape index (κ2) is 8.89. The van der Waals surface area contributed by atoms with Crippen molar-refractivity contribution in [1.82, 2.24) is 9.97 Å². The first-order chi connectivity index (χ1) is 15.8. The van der Waals surface area contributed by atoms with Crippen LogP contribution in [0.15, 0.2) is 60.7 Å². The highest BCUT2D eigenvalue weighted by atomic mass is 19.1. The number of para-hydroxylation sites is 2. The SMILES string of the molecule is O=C(/C(=C(\O)c1cc(F)cc(F)c1)c1nc2ccccc2[nH]1)c1cccc(C(O)CO)c1F. The molecule has 0 amide bonds. The van der Waals surface area contributed by atoms with E-state index in [9.17, 15) is 23.8 Å². The number of imidazole rings is 1. The number of halogens is 3. The van der Waals surface area contributed by atoms with Gasteiger partial charge in [-0.25, -0.2) is 18.2 Å². The zero-order valence-electron chi connectivity index (χ0n) is 16.9. The third-order valence-corrected chi connectivity index (χ3v) is 5.03. The number of fused-ring (bicyclic) bond motifs is 1. The second-order valence-corrected chi connectivity index (χ2v) is 7.22. The van der Waals surface area contributed by atoms with Gasteiger partial charge in [0.05, 0.1) is 23.2 Å². The summed E-state index contributed by atoms with van der Waals surface area (Å²) < 4.78 is 42.7. The summed E-state index contributed by atoms with van der Waals surface area (Å²) in [5.41, 5.74) is -0.835. The molecule has 0 aliphatic heterocycles. The fraction of sp³-hybridized carbons (Fsp3) is 0.0833. The number of aliphatic hydroxyl groups is 3. The molecule has 1 atom stereocenters. The predicted molar refractivity (Wildman–Crippen MR) is 115 cm³/mol. The molecule has 0 fully saturated rings. The van der Waals surface area contributed by atoms with Gasteiger partial charge >= 0.3 is 0 Å². The number of ketones is 1. The molecular weight excluding hydrogens is 437 g/mol. The highest BCUT2D eigenvalue weighted by Gasteiger charge is 2.28. The number of carbonyl (C=O) groups excluding carboxylic acids is 1. The quantitative estimate of drug-likeness (QED) is 0.197. The molecule has 9 heteroatoms. The Morgan fingerprint density at radius 3 is 2.36 bits per heavy atom. The number of Topliss-reactive ketones (excluding diaryl/α,β-unsaturated/α-hetero) is 1. The number of nitrogens with zero attached hydrogens (tertiary/aromatic N) is 1. The normalized spacial score (nSPS) is 13.1. The van der Waals surface area contributed by atoms with E-state index in [0.29, 0.717) is 17.1 Å². The Morgan fingerprint density at radius 1 is 1.00 bits per heavy atom. The number of aromatic nitrogens is 2. The molecule has 4 rings (SSSR count). The Bertz CT molecular complexity index is 1340. The molecule has 1 heterocycles. The average molecular weight is 454 g/mol. The van der Waals surface area contributed by atoms with Crippen molar-refractivity contribution in [3.8, 4) is 0 Å². The topological polar surface area (TPSA) is 106 Å². The van der Waals surface area contributed by atoms with E-state index >= 15 is 4.39 Å². The van der Waals surface area contributed by atoms with E-state index < -0.39 is 52.8 Å². The van der Waals surface area contributed by atoms with E-state index in [-0.39, 0.29) is 17.0 Å².